The highest BCUT2D eigenvalue weighted by Crippen LogP contribution is 2.16. The molecule has 1 fully saturated rings. The third-order valence-electron chi connectivity index (χ3n) is 3.92. The Morgan fingerprint density at radius 2 is 2.35 bits per heavy atom. The summed E-state index contributed by atoms with van der Waals surface area (Å²) in [6.45, 7) is 0.363. The predicted molar refractivity (Wildman–Crippen MR) is 86.8 cm³/mol. The Bertz CT molecular complexity index is 794. The molecule has 2 amide bonds. The van der Waals surface area contributed by atoms with Crippen LogP contribution in [-0.4, -0.2) is 52.5 Å². The van der Waals surface area contributed by atoms with E-state index in [1.807, 2.05) is 0 Å². The van der Waals surface area contributed by atoms with Crippen LogP contribution in [0.15, 0.2) is 34.9 Å². The molecule has 138 valence electrons. The molecule has 0 bridgehead atoms. The molecule has 1 atom stereocenters. The summed E-state index contributed by atoms with van der Waals surface area (Å²) in [5, 5.41) is 11.8. The van der Waals surface area contributed by atoms with Gasteiger partial charge in [0.25, 0.3) is 5.91 Å². The summed E-state index contributed by atoms with van der Waals surface area (Å²) >= 11 is 0. The number of carbonyl (C=O) groups is 2. The Labute approximate surface area is 148 Å². The predicted octanol–water partition coefficient (Wildman–Crippen LogP) is 0.716. The molecule has 1 saturated heterocycles. The van der Waals surface area contributed by atoms with Gasteiger partial charge in [-0.25, -0.2) is 9.37 Å². The van der Waals surface area contributed by atoms with Crippen molar-refractivity contribution in [1.82, 2.24) is 15.2 Å². The summed E-state index contributed by atoms with van der Waals surface area (Å²) in [6.07, 6.45) is 1.33. The minimum Gasteiger partial charge on any atom is -0.484 e. The van der Waals surface area contributed by atoms with Crippen LogP contribution in [0.3, 0.4) is 0 Å². The van der Waals surface area contributed by atoms with Crippen LogP contribution >= 0.6 is 0 Å². The zero-order chi connectivity index (χ0) is 18.5. The number of nitrogens with zero attached hydrogens (tertiary/aromatic N) is 2. The van der Waals surface area contributed by atoms with Gasteiger partial charge in [0.1, 0.15) is 23.9 Å². The lowest BCUT2D eigenvalue weighted by molar-refractivity contribution is -0.128. The second-order valence-corrected chi connectivity index (χ2v) is 5.69. The molecule has 0 aliphatic carbocycles. The second-order valence-electron chi connectivity index (χ2n) is 5.69. The van der Waals surface area contributed by atoms with Gasteiger partial charge in [0, 0.05) is 25.8 Å². The van der Waals surface area contributed by atoms with Crippen LogP contribution in [0.5, 0.6) is 5.75 Å². The molecule has 1 aliphatic rings. The molecule has 2 heterocycles. The molecule has 0 spiro atoms. The molecule has 8 nitrogen and oxygen atoms in total. The molecule has 1 aromatic heterocycles. The van der Waals surface area contributed by atoms with Gasteiger partial charge in [0.05, 0.1) is 0 Å². The second kappa shape index (κ2) is 7.96. The lowest BCUT2D eigenvalue weighted by Crippen LogP contribution is -2.57. The van der Waals surface area contributed by atoms with Crippen LogP contribution < -0.4 is 10.1 Å². The maximum absolute atomic E-state index is 13.1. The Morgan fingerprint density at radius 1 is 1.50 bits per heavy atom. The molecule has 2 N–H and O–H groups in total. The number of aliphatic hydroxyl groups is 1. The lowest BCUT2D eigenvalue weighted by Gasteiger charge is -2.34. The van der Waals surface area contributed by atoms with Crippen molar-refractivity contribution in [3.8, 4) is 5.75 Å². The van der Waals surface area contributed by atoms with E-state index in [1.54, 1.807) is 6.07 Å². The van der Waals surface area contributed by atoms with Crippen LogP contribution in [0.4, 0.5) is 4.39 Å². The molecular formula is C17H18FN3O5. The number of aliphatic hydroxyl groups excluding tert-OH is 1. The van der Waals surface area contributed by atoms with Gasteiger partial charge in [-0.1, -0.05) is 6.07 Å². The zero-order valence-corrected chi connectivity index (χ0v) is 13.9. The van der Waals surface area contributed by atoms with E-state index in [0.717, 1.165) is 0 Å². The number of hydrogen-bond acceptors (Lipinski definition) is 6. The number of piperazine rings is 1. The fraction of sp³-hybridized carbons (Fsp3) is 0.353. The SMILES string of the molecule is O=C1NCCN(C(=O)c2coc(COc3cccc(F)c3)n2)[C@H]1CCO. The average molecular weight is 363 g/mol. The standard InChI is InChI=1S/C17H18FN3O5/c18-11-2-1-3-12(8-11)25-10-15-20-13(9-26-15)17(24)21-6-5-19-16(23)14(21)4-7-22/h1-3,8-9,14,22H,4-7,10H2,(H,19,23)/t14-/m0/s1. The summed E-state index contributed by atoms with van der Waals surface area (Å²) in [7, 11) is 0. The molecule has 0 saturated carbocycles. The fourth-order valence-corrected chi connectivity index (χ4v) is 2.69. The minimum atomic E-state index is -0.745. The quantitative estimate of drug-likeness (QED) is 0.783. The van der Waals surface area contributed by atoms with Crippen molar-refractivity contribution >= 4 is 11.8 Å². The van der Waals surface area contributed by atoms with Gasteiger partial charge in [0.15, 0.2) is 12.3 Å². The monoisotopic (exact) mass is 363 g/mol. The highest BCUT2D eigenvalue weighted by Gasteiger charge is 2.34. The first kappa shape index (κ1) is 17.9. The number of amides is 2. The number of carbonyl (C=O) groups excluding carboxylic acids is 2. The molecule has 0 unspecified atom stereocenters. The Kier molecular flexibility index (Phi) is 5.47. The third kappa shape index (κ3) is 3.99. The van der Waals surface area contributed by atoms with Crippen LogP contribution in [0.2, 0.25) is 0 Å². The topological polar surface area (TPSA) is 105 Å². The van der Waals surface area contributed by atoms with E-state index in [-0.39, 0.29) is 37.1 Å². The van der Waals surface area contributed by atoms with Crippen molar-refractivity contribution in [2.45, 2.75) is 19.1 Å². The van der Waals surface area contributed by atoms with Crippen molar-refractivity contribution in [3.63, 3.8) is 0 Å². The molecule has 3 rings (SSSR count). The molecule has 1 aromatic carbocycles. The largest absolute Gasteiger partial charge is 0.484 e. The summed E-state index contributed by atoms with van der Waals surface area (Å²) in [6, 6.07) is 4.87. The minimum absolute atomic E-state index is 0.0421. The Balaban J connectivity index is 1.66. The van der Waals surface area contributed by atoms with E-state index in [0.29, 0.717) is 18.8 Å². The average Bonchev–Trinajstić information content (AvgIpc) is 3.10. The molecule has 26 heavy (non-hydrogen) atoms. The number of nitrogens with one attached hydrogen (secondary N) is 1. The third-order valence-corrected chi connectivity index (χ3v) is 3.92. The molecule has 2 aromatic rings. The van der Waals surface area contributed by atoms with Crippen molar-refractivity contribution in [2.24, 2.45) is 0 Å². The van der Waals surface area contributed by atoms with Gasteiger partial charge in [-0.05, 0) is 18.6 Å². The van der Waals surface area contributed by atoms with Gasteiger partial charge in [0.2, 0.25) is 11.8 Å². The number of halogens is 1. The molecule has 0 radical (unpaired) electrons. The summed E-state index contributed by atoms with van der Waals surface area (Å²) in [5.74, 6) is -0.732. The summed E-state index contributed by atoms with van der Waals surface area (Å²) in [5.41, 5.74) is 0.0421. The van der Waals surface area contributed by atoms with Crippen molar-refractivity contribution in [3.05, 3.63) is 47.9 Å². The number of rotatable bonds is 6. The lowest BCUT2D eigenvalue weighted by atomic mass is 10.1. The van der Waals surface area contributed by atoms with Crippen LogP contribution in [-0.2, 0) is 11.4 Å². The number of ether oxygens (including phenoxy) is 1. The van der Waals surface area contributed by atoms with E-state index in [1.165, 1.54) is 29.4 Å². The Morgan fingerprint density at radius 3 is 3.12 bits per heavy atom. The van der Waals surface area contributed by atoms with E-state index in [9.17, 15) is 14.0 Å². The van der Waals surface area contributed by atoms with E-state index < -0.39 is 17.8 Å². The van der Waals surface area contributed by atoms with Crippen molar-refractivity contribution in [1.29, 1.82) is 0 Å². The first-order valence-electron chi connectivity index (χ1n) is 8.11. The fourth-order valence-electron chi connectivity index (χ4n) is 2.69. The van der Waals surface area contributed by atoms with E-state index in [2.05, 4.69) is 10.3 Å². The van der Waals surface area contributed by atoms with E-state index >= 15 is 0 Å². The van der Waals surface area contributed by atoms with Gasteiger partial charge in [-0.2, -0.15) is 0 Å². The first-order chi connectivity index (χ1) is 12.6. The van der Waals surface area contributed by atoms with E-state index in [4.69, 9.17) is 14.3 Å². The zero-order valence-electron chi connectivity index (χ0n) is 13.9. The molecular weight excluding hydrogens is 345 g/mol. The van der Waals surface area contributed by atoms with Gasteiger partial charge in [-0.15, -0.1) is 0 Å². The molecule has 9 heteroatoms. The van der Waals surface area contributed by atoms with Gasteiger partial charge in [-0.3, -0.25) is 9.59 Å². The summed E-state index contributed by atoms with van der Waals surface area (Å²) in [4.78, 5) is 30.0. The highest BCUT2D eigenvalue weighted by molar-refractivity contribution is 5.96. The molecule has 1 aliphatic heterocycles. The van der Waals surface area contributed by atoms with Crippen LogP contribution in [0.25, 0.3) is 0 Å². The van der Waals surface area contributed by atoms with Crippen LogP contribution in [0.1, 0.15) is 22.8 Å². The maximum Gasteiger partial charge on any atom is 0.276 e. The smallest absolute Gasteiger partial charge is 0.276 e. The normalized spacial score (nSPS) is 17.1. The Hall–Kier alpha value is -2.94. The first-order valence-corrected chi connectivity index (χ1v) is 8.11. The number of aromatic nitrogens is 1. The highest BCUT2D eigenvalue weighted by atomic mass is 19.1. The van der Waals surface area contributed by atoms with Crippen molar-refractivity contribution < 1.29 is 28.2 Å². The maximum atomic E-state index is 13.1. The van der Waals surface area contributed by atoms with Crippen molar-refractivity contribution in [2.75, 3.05) is 19.7 Å². The number of benzene rings is 1. The number of hydrogen-bond donors (Lipinski definition) is 2. The number of oxazole rings is 1. The van der Waals surface area contributed by atoms with Gasteiger partial charge < -0.3 is 24.5 Å². The van der Waals surface area contributed by atoms with Gasteiger partial charge >= 0.3 is 0 Å². The van der Waals surface area contributed by atoms with Crippen LogP contribution in [0, 0.1) is 5.82 Å². The summed E-state index contributed by atoms with van der Waals surface area (Å²) < 4.78 is 23.7.